The van der Waals surface area contributed by atoms with Crippen LogP contribution in [0.25, 0.3) is 10.9 Å². The molecule has 1 saturated heterocycles. The highest BCUT2D eigenvalue weighted by atomic mass is 16.5. The van der Waals surface area contributed by atoms with Gasteiger partial charge in [-0.05, 0) is 69.4 Å². The molecular weight excluding hydrogens is 376 g/mol. The molecule has 1 aromatic heterocycles. The van der Waals surface area contributed by atoms with Crippen molar-refractivity contribution in [2.75, 3.05) is 37.9 Å². The van der Waals surface area contributed by atoms with Crippen molar-refractivity contribution in [1.82, 2.24) is 9.88 Å². The summed E-state index contributed by atoms with van der Waals surface area (Å²) in [5, 5.41) is 7.43. The predicted octanol–water partition coefficient (Wildman–Crippen LogP) is 4.14. The third-order valence-electron chi connectivity index (χ3n) is 5.70. The molecule has 1 aliphatic heterocycles. The Hall–Kier alpha value is -3.12. The fourth-order valence-electron chi connectivity index (χ4n) is 3.85. The molecule has 0 aliphatic carbocycles. The Morgan fingerprint density at radius 1 is 1.13 bits per heavy atom. The van der Waals surface area contributed by atoms with Gasteiger partial charge in [0.15, 0.2) is 0 Å². The van der Waals surface area contributed by atoms with E-state index in [1.165, 1.54) is 0 Å². The van der Waals surface area contributed by atoms with Crippen LogP contribution in [-0.2, 0) is 11.3 Å². The fraction of sp³-hybridized carbons (Fsp3) is 0.333. The first-order valence-corrected chi connectivity index (χ1v) is 10.4. The summed E-state index contributed by atoms with van der Waals surface area (Å²) in [6.45, 7) is 2.59. The highest BCUT2D eigenvalue weighted by Gasteiger charge is 2.23. The Labute approximate surface area is 177 Å². The first kappa shape index (κ1) is 20.2. The number of hydrogen-bond donors (Lipinski definition) is 2. The molecule has 2 aromatic carbocycles. The molecule has 6 nitrogen and oxygen atoms in total. The molecule has 0 unspecified atom stereocenters. The number of carbonyl (C=O) groups excluding carboxylic acids is 1. The zero-order valence-electron chi connectivity index (χ0n) is 17.5. The van der Waals surface area contributed by atoms with Crippen LogP contribution in [0.15, 0.2) is 54.6 Å². The van der Waals surface area contributed by atoms with Crippen LogP contribution in [0.3, 0.4) is 0 Å². The number of likely N-dealkylation sites (tertiary alicyclic amines) is 1. The zero-order valence-corrected chi connectivity index (χ0v) is 17.5. The molecule has 1 amide bonds. The van der Waals surface area contributed by atoms with Crippen molar-refractivity contribution < 1.29 is 9.53 Å². The molecule has 0 saturated carbocycles. The van der Waals surface area contributed by atoms with E-state index >= 15 is 0 Å². The Morgan fingerprint density at radius 3 is 2.73 bits per heavy atom. The van der Waals surface area contributed by atoms with Gasteiger partial charge in [0.1, 0.15) is 11.6 Å². The largest absolute Gasteiger partial charge is 0.496 e. The molecule has 2 N–H and O–H groups in total. The highest BCUT2D eigenvalue weighted by Crippen LogP contribution is 2.23. The minimum atomic E-state index is 0.0941. The van der Waals surface area contributed by atoms with Crippen LogP contribution in [0, 0.1) is 5.92 Å². The number of para-hydroxylation sites is 1. The van der Waals surface area contributed by atoms with Crippen molar-refractivity contribution in [2.24, 2.45) is 5.92 Å². The number of anilines is 2. The van der Waals surface area contributed by atoms with E-state index in [0.717, 1.165) is 59.7 Å². The van der Waals surface area contributed by atoms with Crippen molar-refractivity contribution in [3.05, 3.63) is 60.2 Å². The Kier molecular flexibility index (Phi) is 6.14. The minimum Gasteiger partial charge on any atom is -0.496 e. The first-order valence-electron chi connectivity index (χ1n) is 10.4. The minimum absolute atomic E-state index is 0.0941. The molecule has 0 bridgehead atoms. The molecule has 30 heavy (non-hydrogen) atoms. The third-order valence-corrected chi connectivity index (χ3v) is 5.70. The van der Waals surface area contributed by atoms with Gasteiger partial charge in [0.05, 0.1) is 12.6 Å². The number of carbonyl (C=O) groups is 1. The predicted molar refractivity (Wildman–Crippen MR) is 121 cm³/mol. The van der Waals surface area contributed by atoms with Crippen molar-refractivity contribution in [3.8, 4) is 5.75 Å². The number of nitrogens with zero attached hydrogens (tertiary/aromatic N) is 2. The van der Waals surface area contributed by atoms with Gasteiger partial charge in [-0.25, -0.2) is 4.98 Å². The number of benzene rings is 2. The van der Waals surface area contributed by atoms with Crippen molar-refractivity contribution >= 4 is 28.3 Å². The summed E-state index contributed by atoms with van der Waals surface area (Å²) >= 11 is 0. The summed E-state index contributed by atoms with van der Waals surface area (Å²) in [6, 6.07) is 17.8. The molecule has 3 aromatic rings. The van der Waals surface area contributed by atoms with Crippen LogP contribution in [-0.4, -0.2) is 43.0 Å². The number of pyridine rings is 1. The summed E-state index contributed by atoms with van der Waals surface area (Å²) in [7, 11) is 3.78. The van der Waals surface area contributed by atoms with Gasteiger partial charge < -0.3 is 20.3 Å². The van der Waals surface area contributed by atoms with Gasteiger partial charge in [-0.3, -0.25) is 4.79 Å². The van der Waals surface area contributed by atoms with Crippen molar-refractivity contribution in [2.45, 2.75) is 19.4 Å². The average Bonchev–Trinajstić information content (AvgIpc) is 2.78. The van der Waals surface area contributed by atoms with Crippen LogP contribution >= 0.6 is 0 Å². The summed E-state index contributed by atoms with van der Waals surface area (Å²) in [5.74, 6) is 1.87. The van der Waals surface area contributed by atoms with Gasteiger partial charge in [0.25, 0.3) is 0 Å². The highest BCUT2D eigenvalue weighted by molar-refractivity contribution is 5.95. The molecule has 1 fully saturated rings. The number of piperidine rings is 1. The lowest BCUT2D eigenvalue weighted by atomic mass is 9.96. The Morgan fingerprint density at radius 2 is 1.93 bits per heavy atom. The monoisotopic (exact) mass is 404 g/mol. The Balaban J connectivity index is 1.41. The lowest BCUT2D eigenvalue weighted by molar-refractivity contribution is -0.121. The molecule has 1 aliphatic rings. The van der Waals surface area contributed by atoms with Gasteiger partial charge in [-0.2, -0.15) is 0 Å². The maximum atomic E-state index is 12.6. The van der Waals surface area contributed by atoms with Crippen LogP contribution in [0.1, 0.15) is 18.4 Å². The van der Waals surface area contributed by atoms with Crippen LogP contribution < -0.4 is 15.4 Å². The lowest BCUT2D eigenvalue weighted by Gasteiger charge is -2.28. The standard InChI is InChI=1S/C24H28N4O2/c1-28-13-11-17(12-14-28)24(29)26-20-8-9-21-18(15-20)7-10-23(27-21)25-16-19-5-3-4-6-22(19)30-2/h3-10,15,17H,11-14,16H2,1-2H3,(H,25,27)(H,26,29). The number of hydrogen-bond acceptors (Lipinski definition) is 5. The second-order valence-corrected chi connectivity index (χ2v) is 7.84. The summed E-state index contributed by atoms with van der Waals surface area (Å²) in [4.78, 5) is 19.5. The quantitative estimate of drug-likeness (QED) is 0.647. The number of nitrogens with one attached hydrogen (secondary N) is 2. The van der Waals surface area contributed by atoms with Crippen LogP contribution in [0.4, 0.5) is 11.5 Å². The number of fused-ring (bicyclic) bond motifs is 1. The van der Waals surface area contributed by atoms with E-state index < -0.39 is 0 Å². The number of aromatic nitrogens is 1. The van der Waals surface area contributed by atoms with Gasteiger partial charge in [-0.1, -0.05) is 18.2 Å². The second-order valence-electron chi connectivity index (χ2n) is 7.84. The molecule has 6 heteroatoms. The first-order chi connectivity index (χ1) is 14.6. The molecule has 156 valence electrons. The molecule has 0 spiro atoms. The fourth-order valence-corrected chi connectivity index (χ4v) is 3.85. The maximum absolute atomic E-state index is 12.6. The van der Waals surface area contributed by atoms with E-state index in [2.05, 4.69) is 22.6 Å². The SMILES string of the molecule is COc1ccccc1CNc1ccc2cc(NC(=O)C3CCN(C)CC3)ccc2n1. The van der Waals surface area contributed by atoms with E-state index in [0.29, 0.717) is 6.54 Å². The van der Waals surface area contributed by atoms with Gasteiger partial charge >= 0.3 is 0 Å². The maximum Gasteiger partial charge on any atom is 0.227 e. The van der Waals surface area contributed by atoms with Crippen LogP contribution in [0.5, 0.6) is 5.75 Å². The van der Waals surface area contributed by atoms with Crippen LogP contribution in [0.2, 0.25) is 0 Å². The lowest BCUT2D eigenvalue weighted by Crippen LogP contribution is -2.35. The Bertz CT molecular complexity index is 1030. The second kappa shape index (κ2) is 9.13. The van der Waals surface area contributed by atoms with E-state index in [1.807, 2.05) is 54.6 Å². The van der Waals surface area contributed by atoms with Crippen molar-refractivity contribution in [1.29, 1.82) is 0 Å². The molecule has 4 rings (SSSR count). The number of rotatable bonds is 6. The molecule has 2 heterocycles. The normalized spacial score (nSPS) is 15.1. The topological polar surface area (TPSA) is 66.5 Å². The average molecular weight is 405 g/mol. The van der Waals surface area contributed by atoms with E-state index in [-0.39, 0.29) is 11.8 Å². The summed E-state index contributed by atoms with van der Waals surface area (Å²) in [6.07, 6.45) is 1.83. The van der Waals surface area contributed by atoms with E-state index in [1.54, 1.807) is 7.11 Å². The van der Waals surface area contributed by atoms with E-state index in [4.69, 9.17) is 9.72 Å². The van der Waals surface area contributed by atoms with Gasteiger partial charge in [0.2, 0.25) is 5.91 Å². The summed E-state index contributed by atoms with van der Waals surface area (Å²) in [5.41, 5.74) is 2.79. The smallest absolute Gasteiger partial charge is 0.227 e. The summed E-state index contributed by atoms with van der Waals surface area (Å²) < 4.78 is 5.40. The van der Waals surface area contributed by atoms with E-state index in [9.17, 15) is 4.79 Å². The van der Waals surface area contributed by atoms with Gasteiger partial charge in [-0.15, -0.1) is 0 Å². The molecule has 0 radical (unpaired) electrons. The molecule has 0 atom stereocenters. The molecular formula is C24H28N4O2. The zero-order chi connectivity index (χ0) is 20.9. The third kappa shape index (κ3) is 4.71. The van der Waals surface area contributed by atoms with Gasteiger partial charge in [0, 0.05) is 29.1 Å². The van der Waals surface area contributed by atoms with Crippen molar-refractivity contribution in [3.63, 3.8) is 0 Å². The number of methoxy groups -OCH3 is 1. The number of amides is 1. The number of ether oxygens (including phenoxy) is 1.